The van der Waals surface area contributed by atoms with Gasteiger partial charge in [0.05, 0.1) is 0 Å². The normalized spacial score (nSPS) is 10.0. The molecular weight excluding hydrogens is 163 g/mol. The molecule has 0 saturated heterocycles. The fraction of sp³-hybridized carbons (Fsp3) is 0.333. The maximum atomic E-state index is 3.25. The van der Waals surface area contributed by atoms with E-state index in [4.69, 9.17) is 0 Å². The Morgan fingerprint density at radius 3 is 1.80 bits per heavy atom. The SMILES string of the molecule is [C-]1=CC=CC1.[CH2-]C.[CH2-]C.[Mn+3]. The van der Waals surface area contributed by atoms with Crippen LogP contribution in [-0.2, 0) is 17.1 Å². The Morgan fingerprint density at radius 1 is 1.20 bits per heavy atom. The zero-order valence-electron chi connectivity index (χ0n) is 6.73. The Balaban J connectivity index is -0.0000000875. The molecule has 58 valence electrons. The maximum absolute atomic E-state index is 3.25. The van der Waals surface area contributed by atoms with Crippen molar-refractivity contribution in [2.24, 2.45) is 0 Å². The minimum Gasteiger partial charge on any atom is -0.346 e. The monoisotopic (exact) mass is 178 g/mol. The van der Waals surface area contributed by atoms with Gasteiger partial charge in [0, 0.05) is 0 Å². The van der Waals surface area contributed by atoms with Crippen LogP contribution in [0.15, 0.2) is 18.2 Å². The molecular formula is C9H15Mn. The van der Waals surface area contributed by atoms with Crippen LogP contribution >= 0.6 is 0 Å². The fourth-order valence-corrected chi connectivity index (χ4v) is 0.340. The van der Waals surface area contributed by atoms with Crippen molar-refractivity contribution in [2.75, 3.05) is 0 Å². The van der Waals surface area contributed by atoms with Gasteiger partial charge in [0.25, 0.3) is 0 Å². The van der Waals surface area contributed by atoms with Crippen LogP contribution in [0.25, 0.3) is 0 Å². The van der Waals surface area contributed by atoms with Gasteiger partial charge in [0.2, 0.25) is 0 Å². The van der Waals surface area contributed by atoms with Gasteiger partial charge in [-0.15, -0.1) is 6.42 Å². The Morgan fingerprint density at radius 2 is 1.70 bits per heavy atom. The van der Waals surface area contributed by atoms with Gasteiger partial charge in [-0.2, -0.15) is 19.9 Å². The first-order chi connectivity index (χ1) is 4.50. The van der Waals surface area contributed by atoms with E-state index < -0.39 is 0 Å². The van der Waals surface area contributed by atoms with Gasteiger partial charge in [-0.1, -0.05) is 0 Å². The van der Waals surface area contributed by atoms with E-state index in [1.54, 1.807) is 13.8 Å². The molecule has 0 aromatic heterocycles. The zero-order valence-corrected chi connectivity index (χ0v) is 7.91. The van der Waals surface area contributed by atoms with Crippen LogP contribution in [0.5, 0.6) is 0 Å². The van der Waals surface area contributed by atoms with Crippen molar-refractivity contribution in [2.45, 2.75) is 20.3 Å². The molecule has 1 aliphatic carbocycles. The van der Waals surface area contributed by atoms with Crippen molar-refractivity contribution in [3.8, 4) is 0 Å². The van der Waals surface area contributed by atoms with Crippen LogP contribution in [0.4, 0.5) is 0 Å². The molecule has 0 aromatic carbocycles. The van der Waals surface area contributed by atoms with Crippen molar-refractivity contribution in [3.05, 3.63) is 38.2 Å². The van der Waals surface area contributed by atoms with E-state index in [0.29, 0.717) is 0 Å². The summed E-state index contributed by atoms with van der Waals surface area (Å²) in [6, 6.07) is 0. The molecule has 0 amide bonds. The first-order valence-electron chi connectivity index (χ1n) is 3.13. The van der Waals surface area contributed by atoms with Gasteiger partial charge in [-0.3, -0.25) is 6.08 Å². The summed E-state index contributed by atoms with van der Waals surface area (Å²) in [5.41, 5.74) is 0. The summed E-state index contributed by atoms with van der Waals surface area (Å²) in [5, 5.41) is 0. The smallest absolute Gasteiger partial charge is 0.346 e. The molecule has 1 rings (SSSR count). The van der Waals surface area contributed by atoms with Crippen LogP contribution < -0.4 is 0 Å². The molecule has 0 spiro atoms. The largest absolute Gasteiger partial charge is 3.00 e. The Labute approximate surface area is 75.9 Å². The van der Waals surface area contributed by atoms with Crippen molar-refractivity contribution < 1.29 is 17.1 Å². The van der Waals surface area contributed by atoms with Gasteiger partial charge < -0.3 is 13.8 Å². The van der Waals surface area contributed by atoms with E-state index in [2.05, 4.69) is 26.0 Å². The summed E-state index contributed by atoms with van der Waals surface area (Å²) in [5.74, 6) is 0. The molecule has 0 heterocycles. The number of rotatable bonds is 0. The molecule has 0 aromatic rings. The second kappa shape index (κ2) is 23.0. The van der Waals surface area contributed by atoms with Crippen LogP contribution in [0, 0.1) is 19.9 Å². The molecule has 0 N–H and O–H groups in total. The van der Waals surface area contributed by atoms with E-state index in [1.165, 1.54) is 0 Å². The molecule has 1 heteroatoms. The predicted octanol–water partition coefficient (Wildman–Crippen LogP) is 2.98. The van der Waals surface area contributed by atoms with Crippen LogP contribution in [-0.4, -0.2) is 0 Å². The first kappa shape index (κ1) is 16.5. The van der Waals surface area contributed by atoms with Crippen molar-refractivity contribution >= 4 is 0 Å². The van der Waals surface area contributed by atoms with Gasteiger partial charge in [0.15, 0.2) is 0 Å². The van der Waals surface area contributed by atoms with Gasteiger partial charge in [-0.05, 0) is 0 Å². The minimum absolute atomic E-state index is 0. The second-order valence-corrected chi connectivity index (χ2v) is 1.00. The molecule has 0 radical (unpaired) electrons. The summed E-state index contributed by atoms with van der Waals surface area (Å²) in [4.78, 5) is 0. The number of hydrogen-bond donors (Lipinski definition) is 0. The van der Waals surface area contributed by atoms with E-state index in [1.807, 2.05) is 12.2 Å². The third kappa shape index (κ3) is 15.7. The third-order valence-electron chi connectivity index (χ3n) is 0.586. The van der Waals surface area contributed by atoms with Crippen LogP contribution in [0.3, 0.4) is 0 Å². The van der Waals surface area contributed by atoms with E-state index >= 15 is 0 Å². The number of allylic oxidation sites excluding steroid dienone is 4. The predicted molar refractivity (Wildman–Crippen MR) is 43.6 cm³/mol. The van der Waals surface area contributed by atoms with Crippen molar-refractivity contribution in [1.29, 1.82) is 0 Å². The zero-order chi connectivity index (χ0) is 7.54. The van der Waals surface area contributed by atoms with Gasteiger partial charge in [-0.25, -0.2) is 12.2 Å². The molecule has 0 nitrogen and oxygen atoms in total. The summed E-state index contributed by atoms with van der Waals surface area (Å²) in [7, 11) is 0. The molecule has 0 unspecified atom stereocenters. The van der Waals surface area contributed by atoms with Gasteiger partial charge in [0.1, 0.15) is 0 Å². The Kier molecular flexibility index (Phi) is 38.1. The van der Waals surface area contributed by atoms with E-state index in [-0.39, 0.29) is 17.1 Å². The van der Waals surface area contributed by atoms with Crippen LogP contribution in [0.1, 0.15) is 20.3 Å². The summed E-state index contributed by atoms with van der Waals surface area (Å²) >= 11 is 0. The molecule has 0 atom stereocenters. The Hall–Kier alpha value is -0.000519. The van der Waals surface area contributed by atoms with Gasteiger partial charge >= 0.3 is 17.1 Å². The summed E-state index contributed by atoms with van der Waals surface area (Å²) < 4.78 is 0. The van der Waals surface area contributed by atoms with Crippen LogP contribution in [0.2, 0.25) is 0 Å². The quantitative estimate of drug-likeness (QED) is 0.395. The fourth-order valence-electron chi connectivity index (χ4n) is 0.340. The molecule has 0 fully saturated rings. The Bertz CT molecular complexity index is 62.8. The first-order valence-corrected chi connectivity index (χ1v) is 3.13. The summed E-state index contributed by atoms with van der Waals surface area (Å²) in [6.07, 6.45) is 10.0. The second-order valence-electron chi connectivity index (χ2n) is 1.00. The molecule has 0 bridgehead atoms. The number of hydrogen-bond acceptors (Lipinski definition) is 0. The van der Waals surface area contributed by atoms with E-state index in [9.17, 15) is 0 Å². The third-order valence-corrected chi connectivity index (χ3v) is 0.586. The topological polar surface area (TPSA) is 0 Å². The average molecular weight is 178 g/mol. The summed E-state index contributed by atoms with van der Waals surface area (Å²) in [6.45, 7) is 10.0. The molecule has 1 aliphatic rings. The average Bonchev–Trinajstić information content (AvgIpc) is 2.51. The standard InChI is InChI=1S/C5H5.2C2H5.Mn/c1-2-4-5-3-1;2*1-2;/h1-3H,4H2;2*1H2,2H3;/q3*-1;+3. The minimum atomic E-state index is 0. The van der Waals surface area contributed by atoms with Crippen molar-refractivity contribution in [3.63, 3.8) is 0 Å². The van der Waals surface area contributed by atoms with Crippen molar-refractivity contribution in [1.82, 2.24) is 0 Å². The molecule has 10 heavy (non-hydrogen) atoms. The molecule has 0 aliphatic heterocycles. The molecule has 0 saturated carbocycles. The maximum Gasteiger partial charge on any atom is 3.00 e. The van der Waals surface area contributed by atoms with E-state index in [0.717, 1.165) is 6.42 Å².